The first kappa shape index (κ1) is 14.8. The third kappa shape index (κ3) is 2.95. The van der Waals surface area contributed by atoms with Crippen molar-refractivity contribution in [1.82, 2.24) is 4.31 Å². The van der Waals surface area contributed by atoms with E-state index in [-0.39, 0.29) is 6.04 Å². The number of hydrogen-bond acceptors (Lipinski definition) is 3. The van der Waals surface area contributed by atoms with Crippen LogP contribution in [-0.2, 0) is 10.0 Å². The van der Waals surface area contributed by atoms with Gasteiger partial charge >= 0.3 is 0 Å². The highest BCUT2D eigenvalue weighted by molar-refractivity contribution is 9.10. The molecule has 4 nitrogen and oxygen atoms in total. The maximum atomic E-state index is 12.7. The van der Waals surface area contributed by atoms with Gasteiger partial charge in [0.25, 0.3) is 0 Å². The number of halogens is 1. The van der Waals surface area contributed by atoms with E-state index in [0.29, 0.717) is 21.6 Å². The molecule has 1 aromatic rings. The van der Waals surface area contributed by atoms with Crippen molar-refractivity contribution in [2.24, 2.45) is 0 Å². The number of nitrogens with two attached hydrogens (primary N) is 1. The first-order valence-electron chi connectivity index (χ1n) is 6.53. The molecule has 1 fully saturated rings. The van der Waals surface area contributed by atoms with Crippen molar-refractivity contribution in [2.75, 3.05) is 12.3 Å². The number of rotatable bonds is 3. The second kappa shape index (κ2) is 5.81. The largest absolute Gasteiger partial charge is 0.399 e. The molecule has 6 heteroatoms. The number of nitrogen functional groups attached to an aromatic ring is 1. The van der Waals surface area contributed by atoms with Crippen molar-refractivity contribution in [3.8, 4) is 0 Å². The molecule has 1 aliphatic rings. The Morgan fingerprint density at radius 2 is 2.16 bits per heavy atom. The lowest BCUT2D eigenvalue weighted by molar-refractivity contribution is 0.246. The highest BCUT2D eigenvalue weighted by Crippen LogP contribution is 2.31. The van der Waals surface area contributed by atoms with Crippen LogP contribution in [0.15, 0.2) is 27.6 Å². The fraction of sp³-hybridized carbons (Fsp3) is 0.538. The van der Waals surface area contributed by atoms with Crippen molar-refractivity contribution in [3.05, 3.63) is 22.7 Å². The van der Waals surface area contributed by atoms with Crippen LogP contribution in [0, 0.1) is 0 Å². The molecule has 19 heavy (non-hydrogen) atoms. The Morgan fingerprint density at radius 1 is 1.42 bits per heavy atom. The van der Waals surface area contributed by atoms with Crippen molar-refractivity contribution >= 4 is 31.6 Å². The fourth-order valence-corrected chi connectivity index (χ4v) is 5.38. The Hall–Kier alpha value is -0.590. The number of nitrogens with zero attached hydrogens (tertiary/aromatic N) is 1. The van der Waals surface area contributed by atoms with Crippen LogP contribution in [0.4, 0.5) is 5.69 Å². The van der Waals surface area contributed by atoms with Gasteiger partial charge in [-0.15, -0.1) is 0 Å². The second-order valence-electron chi connectivity index (χ2n) is 4.86. The molecule has 2 rings (SSSR count). The summed E-state index contributed by atoms with van der Waals surface area (Å²) in [6.45, 7) is 2.65. The molecule has 0 amide bonds. The second-order valence-corrected chi connectivity index (χ2v) is 7.58. The van der Waals surface area contributed by atoms with Gasteiger partial charge in [-0.2, -0.15) is 4.31 Å². The fourth-order valence-electron chi connectivity index (χ4n) is 2.55. The standard InChI is InChI=1S/C13H19BrN2O2S/c1-2-11-5-3-4-8-16(11)19(17,18)13-7-6-10(15)9-12(13)14/h6-7,9,11H,2-5,8,15H2,1H3. The molecule has 106 valence electrons. The normalized spacial score (nSPS) is 21.5. The van der Waals surface area contributed by atoms with Crippen LogP contribution in [0.1, 0.15) is 32.6 Å². The molecule has 1 unspecified atom stereocenters. The van der Waals surface area contributed by atoms with Crippen LogP contribution in [0.25, 0.3) is 0 Å². The van der Waals surface area contributed by atoms with Gasteiger partial charge in [0.05, 0.1) is 4.90 Å². The molecule has 0 bridgehead atoms. The maximum Gasteiger partial charge on any atom is 0.244 e. The van der Waals surface area contributed by atoms with Gasteiger partial charge in [-0.1, -0.05) is 13.3 Å². The van der Waals surface area contributed by atoms with Crippen molar-refractivity contribution < 1.29 is 8.42 Å². The summed E-state index contributed by atoms with van der Waals surface area (Å²) in [6.07, 6.45) is 3.84. The van der Waals surface area contributed by atoms with E-state index in [9.17, 15) is 8.42 Å². The van der Waals surface area contributed by atoms with Crippen LogP contribution < -0.4 is 5.73 Å². The number of benzene rings is 1. The molecule has 1 atom stereocenters. The van der Waals surface area contributed by atoms with Crippen LogP contribution in [0.2, 0.25) is 0 Å². The number of anilines is 1. The van der Waals surface area contributed by atoms with Gasteiger partial charge in [0.1, 0.15) is 0 Å². The topological polar surface area (TPSA) is 63.4 Å². The van der Waals surface area contributed by atoms with E-state index < -0.39 is 10.0 Å². The van der Waals surface area contributed by atoms with Crippen LogP contribution >= 0.6 is 15.9 Å². The number of sulfonamides is 1. The molecule has 1 heterocycles. The van der Waals surface area contributed by atoms with Gasteiger partial charge in [0.2, 0.25) is 10.0 Å². The summed E-state index contributed by atoms with van der Waals surface area (Å²) in [4.78, 5) is 0.307. The predicted octanol–water partition coefficient (Wildman–Crippen LogP) is 2.98. The lowest BCUT2D eigenvalue weighted by atomic mass is 10.0. The van der Waals surface area contributed by atoms with E-state index >= 15 is 0 Å². The minimum atomic E-state index is -3.44. The van der Waals surface area contributed by atoms with E-state index in [1.807, 2.05) is 6.92 Å². The summed E-state index contributed by atoms with van der Waals surface area (Å²) in [5.74, 6) is 0. The Morgan fingerprint density at radius 3 is 2.79 bits per heavy atom. The highest BCUT2D eigenvalue weighted by atomic mass is 79.9. The zero-order valence-electron chi connectivity index (χ0n) is 11.0. The average Bonchev–Trinajstić information content (AvgIpc) is 2.38. The van der Waals surface area contributed by atoms with Crippen molar-refractivity contribution in [3.63, 3.8) is 0 Å². The van der Waals surface area contributed by atoms with Gasteiger partial charge in [0.15, 0.2) is 0 Å². The summed E-state index contributed by atoms with van der Waals surface area (Å²) in [7, 11) is -3.44. The molecule has 0 saturated carbocycles. The molecule has 0 aliphatic carbocycles. The summed E-state index contributed by atoms with van der Waals surface area (Å²) in [6, 6.07) is 4.96. The first-order valence-corrected chi connectivity index (χ1v) is 8.77. The van der Waals surface area contributed by atoms with Crippen LogP contribution in [0.5, 0.6) is 0 Å². The summed E-state index contributed by atoms with van der Waals surface area (Å²) >= 11 is 3.31. The average molecular weight is 347 g/mol. The summed E-state index contributed by atoms with van der Waals surface area (Å²) in [5, 5.41) is 0. The molecular weight excluding hydrogens is 328 g/mol. The lowest BCUT2D eigenvalue weighted by Crippen LogP contribution is -2.43. The predicted molar refractivity (Wildman–Crippen MR) is 80.4 cm³/mol. The van der Waals surface area contributed by atoms with E-state index in [4.69, 9.17) is 5.73 Å². The molecule has 2 N–H and O–H groups in total. The van der Waals surface area contributed by atoms with Gasteiger partial charge in [-0.3, -0.25) is 0 Å². The summed E-state index contributed by atoms with van der Waals surface area (Å²) < 4.78 is 27.7. The van der Waals surface area contributed by atoms with E-state index in [1.54, 1.807) is 22.5 Å². The lowest BCUT2D eigenvalue weighted by Gasteiger charge is -2.34. The quantitative estimate of drug-likeness (QED) is 0.855. The number of hydrogen-bond donors (Lipinski definition) is 1. The molecule has 1 aromatic carbocycles. The van der Waals surface area contributed by atoms with Gasteiger partial charge in [-0.05, 0) is 53.4 Å². The minimum absolute atomic E-state index is 0.114. The van der Waals surface area contributed by atoms with Gasteiger partial charge in [-0.25, -0.2) is 8.42 Å². The zero-order valence-corrected chi connectivity index (χ0v) is 13.4. The summed E-state index contributed by atoms with van der Waals surface area (Å²) in [5.41, 5.74) is 6.22. The van der Waals surface area contributed by atoms with E-state index in [0.717, 1.165) is 25.7 Å². The molecule has 0 spiro atoms. The Bertz CT molecular complexity index is 560. The zero-order chi connectivity index (χ0) is 14.0. The SMILES string of the molecule is CCC1CCCCN1S(=O)(=O)c1ccc(N)cc1Br. The van der Waals surface area contributed by atoms with Gasteiger partial charge < -0.3 is 5.73 Å². The molecule has 1 saturated heterocycles. The highest BCUT2D eigenvalue weighted by Gasteiger charge is 2.33. The van der Waals surface area contributed by atoms with Crippen molar-refractivity contribution in [2.45, 2.75) is 43.5 Å². The third-order valence-electron chi connectivity index (χ3n) is 3.59. The number of piperidine rings is 1. The first-order chi connectivity index (χ1) is 8.96. The molecular formula is C13H19BrN2O2S. The van der Waals surface area contributed by atoms with Gasteiger partial charge in [0, 0.05) is 22.7 Å². The minimum Gasteiger partial charge on any atom is -0.399 e. The van der Waals surface area contributed by atoms with Crippen molar-refractivity contribution in [1.29, 1.82) is 0 Å². The molecule has 0 aromatic heterocycles. The Balaban J connectivity index is 2.40. The molecule has 0 radical (unpaired) electrons. The Kier molecular flexibility index (Phi) is 4.53. The third-order valence-corrected chi connectivity index (χ3v) is 6.52. The van der Waals surface area contributed by atoms with Crippen LogP contribution in [-0.4, -0.2) is 25.3 Å². The maximum absolute atomic E-state index is 12.7. The van der Waals surface area contributed by atoms with Crippen LogP contribution in [0.3, 0.4) is 0 Å². The smallest absolute Gasteiger partial charge is 0.244 e. The Labute approximate surface area is 123 Å². The van der Waals surface area contributed by atoms with E-state index in [1.165, 1.54) is 0 Å². The monoisotopic (exact) mass is 346 g/mol. The molecule has 1 aliphatic heterocycles. The van der Waals surface area contributed by atoms with E-state index in [2.05, 4.69) is 15.9 Å².